The first kappa shape index (κ1) is 9.84. The molecule has 2 heterocycles. The molecule has 17 heavy (non-hydrogen) atoms. The second-order valence-corrected chi connectivity index (χ2v) is 3.90. The first-order valence-electron chi connectivity index (χ1n) is 5.32. The van der Waals surface area contributed by atoms with E-state index in [1.807, 2.05) is 37.3 Å². The van der Waals surface area contributed by atoms with E-state index >= 15 is 0 Å². The van der Waals surface area contributed by atoms with Crippen LogP contribution in [0.15, 0.2) is 40.9 Å². The van der Waals surface area contributed by atoms with Crippen LogP contribution in [0.1, 0.15) is 5.69 Å². The summed E-state index contributed by atoms with van der Waals surface area (Å²) in [5, 5.41) is 0. The Labute approximate surface area is 98.1 Å². The third-order valence-corrected chi connectivity index (χ3v) is 2.61. The summed E-state index contributed by atoms with van der Waals surface area (Å²) in [6.45, 7) is 1.94. The third-order valence-electron chi connectivity index (χ3n) is 2.61. The molecular formula is C13H11N3O. The van der Waals surface area contributed by atoms with Crippen LogP contribution in [0, 0.1) is 6.92 Å². The number of nitrogen functional groups attached to an aromatic ring is 1. The van der Waals surface area contributed by atoms with E-state index in [1.165, 1.54) is 0 Å². The fourth-order valence-electron chi connectivity index (χ4n) is 1.69. The van der Waals surface area contributed by atoms with Gasteiger partial charge in [-0.05, 0) is 31.2 Å². The Morgan fingerprint density at radius 1 is 1.18 bits per heavy atom. The second kappa shape index (κ2) is 3.59. The van der Waals surface area contributed by atoms with Crippen molar-refractivity contribution in [2.24, 2.45) is 0 Å². The average Bonchev–Trinajstić information content (AvgIpc) is 2.75. The number of anilines is 1. The molecule has 0 fully saturated rings. The lowest BCUT2D eigenvalue weighted by atomic mass is 10.2. The lowest BCUT2D eigenvalue weighted by molar-refractivity contribution is 0.619. The minimum Gasteiger partial charge on any atom is -0.436 e. The van der Waals surface area contributed by atoms with Gasteiger partial charge in [0.1, 0.15) is 5.52 Å². The summed E-state index contributed by atoms with van der Waals surface area (Å²) < 4.78 is 5.64. The van der Waals surface area contributed by atoms with E-state index in [0.29, 0.717) is 22.7 Å². The van der Waals surface area contributed by atoms with Crippen molar-refractivity contribution >= 4 is 16.8 Å². The molecule has 0 radical (unpaired) electrons. The molecule has 0 saturated carbocycles. The van der Waals surface area contributed by atoms with Gasteiger partial charge < -0.3 is 10.2 Å². The zero-order valence-electron chi connectivity index (χ0n) is 9.34. The van der Waals surface area contributed by atoms with E-state index in [4.69, 9.17) is 10.2 Å². The highest BCUT2D eigenvalue weighted by Gasteiger charge is 2.09. The van der Waals surface area contributed by atoms with Crippen LogP contribution in [0.2, 0.25) is 0 Å². The van der Waals surface area contributed by atoms with Crippen LogP contribution in [0.5, 0.6) is 0 Å². The van der Waals surface area contributed by atoms with E-state index in [1.54, 1.807) is 6.20 Å². The number of aromatic nitrogens is 2. The maximum Gasteiger partial charge on any atom is 0.228 e. The number of aryl methyl sites for hydroxylation is 1. The molecule has 0 aliphatic carbocycles. The molecule has 0 amide bonds. The largest absolute Gasteiger partial charge is 0.436 e. The van der Waals surface area contributed by atoms with Crippen LogP contribution in [0.3, 0.4) is 0 Å². The Morgan fingerprint density at radius 2 is 2.06 bits per heavy atom. The Bertz CT molecular complexity index is 671. The van der Waals surface area contributed by atoms with Gasteiger partial charge in [0.15, 0.2) is 5.58 Å². The van der Waals surface area contributed by atoms with Crippen molar-refractivity contribution in [1.29, 1.82) is 0 Å². The van der Waals surface area contributed by atoms with Gasteiger partial charge in [-0.15, -0.1) is 0 Å². The van der Waals surface area contributed by atoms with Crippen LogP contribution in [-0.4, -0.2) is 9.97 Å². The summed E-state index contributed by atoms with van der Waals surface area (Å²) in [7, 11) is 0. The molecule has 2 N–H and O–H groups in total. The molecule has 0 aliphatic heterocycles. The normalized spacial score (nSPS) is 10.9. The molecule has 0 unspecified atom stereocenters. The molecule has 4 nitrogen and oxygen atoms in total. The fourth-order valence-corrected chi connectivity index (χ4v) is 1.69. The molecule has 3 aromatic rings. The minimum atomic E-state index is 0.547. The van der Waals surface area contributed by atoms with Crippen molar-refractivity contribution in [2.75, 3.05) is 5.73 Å². The first-order valence-corrected chi connectivity index (χ1v) is 5.32. The molecule has 0 saturated heterocycles. The summed E-state index contributed by atoms with van der Waals surface area (Å²) in [5.41, 5.74) is 9.66. The maximum absolute atomic E-state index is 5.83. The van der Waals surface area contributed by atoms with Crippen LogP contribution in [0.25, 0.3) is 22.6 Å². The Balaban J connectivity index is 2.18. The number of nitrogens with zero attached hydrogens (tertiary/aromatic N) is 2. The Hall–Kier alpha value is -2.36. The minimum absolute atomic E-state index is 0.547. The van der Waals surface area contributed by atoms with E-state index in [-0.39, 0.29) is 0 Å². The molecule has 0 aliphatic rings. The Morgan fingerprint density at radius 3 is 2.76 bits per heavy atom. The molecule has 0 bridgehead atoms. The highest BCUT2D eigenvalue weighted by molar-refractivity contribution is 5.87. The topological polar surface area (TPSA) is 64.9 Å². The Kier molecular flexibility index (Phi) is 2.08. The summed E-state index contributed by atoms with van der Waals surface area (Å²) in [6.07, 6.45) is 1.75. The molecule has 3 rings (SSSR count). The highest BCUT2D eigenvalue weighted by Crippen LogP contribution is 2.26. The number of para-hydroxylation sites is 1. The van der Waals surface area contributed by atoms with Crippen LogP contribution >= 0.6 is 0 Å². The number of oxazole rings is 1. The predicted octanol–water partition coefficient (Wildman–Crippen LogP) is 2.78. The maximum atomic E-state index is 5.83. The summed E-state index contributed by atoms with van der Waals surface area (Å²) in [5.74, 6) is 0.547. The van der Waals surface area contributed by atoms with Crippen LogP contribution in [0.4, 0.5) is 5.69 Å². The van der Waals surface area contributed by atoms with E-state index in [2.05, 4.69) is 9.97 Å². The van der Waals surface area contributed by atoms with Crippen molar-refractivity contribution in [3.8, 4) is 11.5 Å². The number of rotatable bonds is 1. The lowest BCUT2D eigenvalue weighted by Gasteiger charge is -1.94. The number of pyridine rings is 1. The smallest absolute Gasteiger partial charge is 0.228 e. The van der Waals surface area contributed by atoms with Gasteiger partial charge in [-0.3, -0.25) is 4.98 Å². The highest BCUT2D eigenvalue weighted by atomic mass is 16.3. The summed E-state index contributed by atoms with van der Waals surface area (Å²) >= 11 is 0. The standard InChI is InChI=1S/C13H11N3O/c1-8-5-6-9(7-15-8)13-16-12-10(14)3-2-4-11(12)17-13/h2-7H,14H2,1H3. The quantitative estimate of drug-likeness (QED) is 0.647. The van der Waals surface area contributed by atoms with Gasteiger partial charge in [0.25, 0.3) is 0 Å². The van der Waals surface area contributed by atoms with Crippen molar-refractivity contribution in [3.63, 3.8) is 0 Å². The molecule has 84 valence electrons. The molecule has 1 aromatic carbocycles. The van der Waals surface area contributed by atoms with Crippen LogP contribution < -0.4 is 5.73 Å². The van der Waals surface area contributed by atoms with Gasteiger partial charge in [0.2, 0.25) is 5.89 Å². The van der Waals surface area contributed by atoms with E-state index in [0.717, 1.165) is 11.3 Å². The van der Waals surface area contributed by atoms with Crippen molar-refractivity contribution in [2.45, 2.75) is 6.92 Å². The number of hydrogen-bond acceptors (Lipinski definition) is 4. The molecular weight excluding hydrogens is 214 g/mol. The summed E-state index contributed by atoms with van der Waals surface area (Å²) in [4.78, 5) is 8.60. The molecule has 0 atom stereocenters. The van der Waals surface area contributed by atoms with E-state index < -0.39 is 0 Å². The van der Waals surface area contributed by atoms with Gasteiger partial charge in [-0.2, -0.15) is 0 Å². The number of fused-ring (bicyclic) bond motifs is 1. The van der Waals surface area contributed by atoms with Gasteiger partial charge >= 0.3 is 0 Å². The average molecular weight is 225 g/mol. The third kappa shape index (κ3) is 1.63. The lowest BCUT2D eigenvalue weighted by Crippen LogP contribution is -1.85. The van der Waals surface area contributed by atoms with Crippen molar-refractivity contribution < 1.29 is 4.42 Å². The van der Waals surface area contributed by atoms with Crippen molar-refractivity contribution in [3.05, 3.63) is 42.2 Å². The molecule has 4 heteroatoms. The fraction of sp³-hybridized carbons (Fsp3) is 0.0769. The summed E-state index contributed by atoms with van der Waals surface area (Å²) in [6, 6.07) is 9.36. The van der Waals surface area contributed by atoms with Crippen LogP contribution in [-0.2, 0) is 0 Å². The SMILES string of the molecule is Cc1ccc(-c2nc3c(N)cccc3o2)cn1. The number of hydrogen-bond donors (Lipinski definition) is 1. The zero-order chi connectivity index (χ0) is 11.8. The number of nitrogens with two attached hydrogens (primary N) is 1. The molecule has 0 spiro atoms. The van der Waals surface area contributed by atoms with Gasteiger partial charge in [0, 0.05) is 11.9 Å². The van der Waals surface area contributed by atoms with Gasteiger partial charge in [-0.25, -0.2) is 4.98 Å². The predicted molar refractivity (Wildman–Crippen MR) is 66.4 cm³/mol. The second-order valence-electron chi connectivity index (χ2n) is 3.90. The van der Waals surface area contributed by atoms with Gasteiger partial charge in [-0.1, -0.05) is 6.07 Å². The monoisotopic (exact) mass is 225 g/mol. The van der Waals surface area contributed by atoms with Gasteiger partial charge in [0.05, 0.1) is 11.3 Å². The number of benzene rings is 1. The first-order chi connectivity index (χ1) is 8.24. The van der Waals surface area contributed by atoms with E-state index in [9.17, 15) is 0 Å². The van der Waals surface area contributed by atoms with Crippen molar-refractivity contribution in [1.82, 2.24) is 9.97 Å². The molecule has 2 aromatic heterocycles. The zero-order valence-corrected chi connectivity index (χ0v) is 9.34.